The number of amides is 3. The molecule has 47 heavy (non-hydrogen) atoms. The van der Waals surface area contributed by atoms with Crippen molar-refractivity contribution in [2.45, 2.75) is 33.3 Å². The summed E-state index contributed by atoms with van der Waals surface area (Å²) >= 11 is 13.6. The molecule has 1 aliphatic heterocycles. The van der Waals surface area contributed by atoms with Gasteiger partial charge >= 0.3 is 0 Å². The fraction of sp³-hybridized carbons (Fsp3) is 0.176. The molecule has 0 bridgehead atoms. The van der Waals surface area contributed by atoms with Gasteiger partial charge < -0.3 is 20.3 Å². The zero-order valence-electron chi connectivity index (χ0n) is 25.5. The van der Waals surface area contributed by atoms with E-state index in [9.17, 15) is 14.4 Å². The molecule has 0 radical (unpaired) electrons. The number of para-hydroxylation sites is 1. The van der Waals surface area contributed by atoms with Gasteiger partial charge in [-0.3, -0.25) is 14.4 Å². The van der Waals surface area contributed by atoms with Crippen LogP contribution in [0.15, 0.2) is 83.0 Å². The summed E-state index contributed by atoms with van der Waals surface area (Å²) in [4.78, 5) is 40.9. The van der Waals surface area contributed by atoms with Crippen LogP contribution in [0.2, 0.25) is 10.0 Å². The van der Waals surface area contributed by atoms with Crippen molar-refractivity contribution in [2.24, 2.45) is 10.2 Å². The molecule has 238 valence electrons. The summed E-state index contributed by atoms with van der Waals surface area (Å²) < 4.78 is 11.0. The molecule has 2 N–H and O–H groups in total. The summed E-state index contributed by atoms with van der Waals surface area (Å²) in [5.41, 5.74) is 4.56. The Balaban J connectivity index is 1.45. The number of carbonyl (C=O) groups is 3. The first-order valence-electron chi connectivity index (χ1n) is 14.6. The maximum absolute atomic E-state index is 14.4. The number of hydrogen-bond acceptors (Lipinski definition) is 8. The summed E-state index contributed by atoms with van der Waals surface area (Å²) in [7, 11) is 0. The monoisotopic (exact) mass is 686 g/mol. The van der Waals surface area contributed by atoms with Crippen LogP contribution in [0, 0.1) is 6.92 Å². The Bertz CT molecular complexity index is 2040. The molecular weight excluding hydrogens is 659 g/mol. The third-order valence-electron chi connectivity index (χ3n) is 7.52. The van der Waals surface area contributed by atoms with Gasteiger partial charge in [-0.25, -0.2) is 0 Å². The highest BCUT2D eigenvalue weighted by Gasteiger charge is 2.34. The molecule has 10 nitrogen and oxygen atoms in total. The predicted molar refractivity (Wildman–Crippen MR) is 186 cm³/mol. The first kappa shape index (κ1) is 32.1. The molecule has 0 aliphatic carbocycles. The van der Waals surface area contributed by atoms with E-state index in [-0.39, 0.29) is 28.7 Å². The standard InChI is InChI=1S/C34H28Cl2N6O4S/c1-18-8-4-6-10-24(18)31(34(45)42-13-12-21-9-5-7-11-29(21)42)46-32-27(37-19(2)43)16-23(17-28(32)38-20(3)44)39-40-33-25-14-22(35)15-26(36)30(25)41-47-33/h4-11,14-17,31H,12-13H2,1-3H3,(H,37,43)(H,38,44). The van der Waals surface area contributed by atoms with Crippen LogP contribution in [-0.4, -0.2) is 28.6 Å². The number of rotatable bonds is 8. The van der Waals surface area contributed by atoms with Crippen LogP contribution in [0.4, 0.5) is 27.8 Å². The number of ether oxygens (including phenoxy) is 1. The molecule has 5 aromatic rings. The molecule has 3 amide bonds. The molecule has 0 saturated heterocycles. The van der Waals surface area contributed by atoms with Gasteiger partial charge in [-0.1, -0.05) is 65.7 Å². The van der Waals surface area contributed by atoms with Gasteiger partial charge in [0.25, 0.3) is 5.91 Å². The lowest BCUT2D eigenvalue weighted by Crippen LogP contribution is -2.36. The number of aromatic nitrogens is 1. The zero-order valence-corrected chi connectivity index (χ0v) is 27.8. The molecule has 1 aromatic heterocycles. The third-order valence-corrected chi connectivity index (χ3v) is 8.77. The van der Waals surface area contributed by atoms with Gasteiger partial charge in [0.05, 0.1) is 22.1 Å². The van der Waals surface area contributed by atoms with E-state index in [4.69, 9.17) is 27.9 Å². The molecule has 6 rings (SSSR count). The molecule has 4 aromatic carbocycles. The maximum Gasteiger partial charge on any atom is 0.272 e. The lowest BCUT2D eigenvalue weighted by atomic mass is 10.0. The highest BCUT2D eigenvalue weighted by molar-refractivity contribution is 7.11. The largest absolute Gasteiger partial charge is 0.471 e. The number of azo groups is 1. The Morgan fingerprint density at radius 2 is 1.62 bits per heavy atom. The Kier molecular flexibility index (Phi) is 9.21. The summed E-state index contributed by atoms with van der Waals surface area (Å²) in [6.45, 7) is 5.08. The van der Waals surface area contributed by atoms with Crippen LogP contribution in [-0.2, 0) is 20.8 Å². The quantitative estimate of drug-likeness (QED) is 0.158. The lowest BCUT2D eigenvalue weighted by molar-refractivity contribution is -0.125. The van der Waals surface area contributed by atoms with Crippen LogP contribution >= 0.6 is 34.7 Å². The minimum atomic E-state index is -1.12. The highest BCUT2D eigenvalue weighted by atomic mass is 35.5. The SMILES string of the molecule is CC(=O)Nc1cc(N=Nc2snc3c(Cl)cc(Cl)cc23)cc(NC(C)=O)c1OC(C(=O)N1CCc2ccccc21)c1ccccc1C. The summed E-state index contributed by atoms with van der Waals surface area (Å²) in [6, 6.07) is 21.6. The number of fused-ring (bicyclic) bond motifs is 2. The molecular formula is C34H28Cl2N6O4S. The number of hydrogen-bond donors (Lipinski definition) is 2. The van der Waals surface area contributed by atoms with Crippen LogP contribution in [0.5, 0.6) is 5.75 Å². The minimum Gasteiger partial charge on any atom is -0.471 e. The summed E-state index contributed by atoms with van der Waals surface area (Å²) in [5.74, 6) is -0.999. The first-order chi connectivity index (χ1) is 22.6. The molecule has 0 spiro atoms. The van der Waals surface area contributed by atoms with Crippen LogP contribution in [0.1, 0.15) is 36.6 Å². The van der Waals surface area contributed by atoms with Gasteiger partial charge in [0, 0.05) is 42.1 Å². The first-order valence-corrected chi connectivity index (χ1v) is 16.1. The Labute approximate surface area is 284 Å². The van der Waals surface area contributed by atoms with Crippen molar-refractivity contribution in [2.75, 3.05) is 22.1 Å². The van der Waals surface area contributed by atoms with Gasteiger partial charge in [-0.05, 0) is 66.3 Å². The number of carbonyl (C=O) groups excluding carboxylic acids is 3. The van der Waals surface area contributed by atoms with Crippen molar-refractivity contribution in [1.29, 1.82) is 0 Å². The number of aryl methyl sites for hydroxylation is 1. The highest BCUT2D eigenvalue weighted by Crippen LogP contribution is 2.43. The lowest BCUT2D eigenvalue weighted by Gasteiger charge is -2.28. The van der Waals surface area contributed by atoms with E-state index in [1.165, 1.54) is 13.8 Å². The molecule has 1 aliphatic rings. The fourth-order valence-electron chi connectivity index (χ4n) is 5.45. The zero-order chi connectivity index (χ0) is 33.2. The van der Waals surface area contributed by atoms with E-state index >= 15 is 0 Å². The van der Waals surface area contributed by atoms with Crippen molar-refractivity contribution in [1.82, 2.24) is 4.37 Å². The van der Waals surface area contributed by atoms with Gasteiger partial charge in [0.2, 0.25) is 17.9 Å². The van der Waals surface area contributed by atoms with E-state index in [1.807, 2.05) is 55.5 Å². The molecule has 2 heterocycles. The van der Waals surface area contributed by atoms with Crippen molar-refractivity contribution >= 4 is 91.1 Å². The van der Waals surface area contributed by atoms with Crippen LogP contribution < -0.4 is 20.3 Å². The van der Waals surface area contributed by atoms with Gasteiger partial charge in [0.1, 0.15) is 5.52 Å². The number of benzene rings is 4. The fourth-order valence-corrected chi connectivity index (χ4v) is 6.74. The molecule has 0 saturated carbocycles. The topological polar surface area (TPSA) is 125 Å². The predicted octanol–water partition coefficient (Wildman–Crippen LogP) is 8.95. The maximum atomic E-state index is 14.4. The average molecular weight is 688 g/mol. The minimum absolute atomic E-state index is 0.0882. The molecule has 1 atom stereocenters. The number of nitrogens with one attached hydrogen (secondary N) is 2. The smallest absolute Gasteiger partial charge is 0.272 e. The normalized spacial score (nSPS) is 13.1. The van der Waals surface area contributed by atoms with Gasteiger partial charge in [0.15, 0.2) is 10.8 Å². The average Bonchev–Trinajstić information content (AvgIpc) is 3.64. The van der Waals surface area contributed by atoms with E-state index in [0.29, 0.717) is 44.5 Å². The van der Waals surface area contributed by atoms with Crippen molar-refractivity contribution < 1.29 is 19.1 Å². The third kappa shape index (κ3) is 6.83. The number of halogens is 2. The second-order valence-corrected chi connectivity index (χ2v) is 12.5. The Morgan fingerprint density at radius 1 is 0.936 bits per heavy atom. The molecule has 0 fully saturated rings. The molecule has 1 unspecified atom stereocenters. The van der Waals surface area contributed by atoms with Gasteiger partial charge in [-0.15, -0.1) is 10.2 Å². The Hall–Kier alpha value is -4.84. The van der Waals surface area contributed by atoms with E-state index in [1.54, 1.807) is 29.2 Å². The summed E-state index contributed by atoms with van der Waals surface area (Å²) in [5, 5.41) is 16.2. The van der Waals surface area contributed by atoms with Crippen molar-refractivity contribution in [3.8, 4) is 5.75 Å². The van der Waals surface area contributed by atoms with E-state index < -0.39 is 17.9 Å². The Morgan fingerprint density at radius 3 is 2.32 bits per heavy atom. The van der Waals surface area contributed by atoms with Crippen molar-refractivity contribution in [3.63, 3.8) is 0 Å². The summed E-state index contributed by atoms with van der Waals surface area (Å²) in [6.07, 6.45) is -0.406. The van der Waals surface area contributed by atoms with Gasteiger partial charge in [-0.2, -0.15) is 4.37 Å². The van der Waals surface area contributed by atoms with E-state index in [2.05, 4.69) is 25.2 Å². The van der Waals surface area contributed by atoms with E-state index in [0.717, 1.165) is 28.3 Å². The second-order valence-electron chi connectivity index (χ2n) is 10.9. The van der Waals surface area contributed by atoms with Crippen LogP contribution in [0.3, 0.4) is 0 Å². The van der Waals surface area contributed by atoms with Crippen molar-refractivity contribution in [3.05, 3.63) is 99.5 Å². The van der Waals surface area contributed by atoms with Crippen LogP contribution in [0.25, 0.3) is 10.9 Å². The number of anilines is 3. The number of nitrogens with zero attached hydrogens (tertiary/aromatic N) is 4. The second kappa shape index (κ2) is 13.5. The molecule has 13 heteroatoms.